The SMILES string of the molecule is CCCC(O)(CC)CCc1ccnn1C. The highest BCUT2D eigenvalue weighted by Gasteiger charge is 2.23. The molecule has 0 aliphatic heterocycles. The van der Waals surface area contributed by atoms with Crippen molar-refractivity contribution >= 4 is 0 Å². The lowest BCUT2D eigenvalue weighted by Gasteiger charge is -2.26. The standard InChI is InChI=1S/C12H22N2O/c1-4-8-12(15,5-2)9-6-11-7-10-13-14(11)3/h7,10,15H,4-6,8-9H2,1-3H3. The lowest BCUT2D eigenvalue weighted by Crippen LogP contribution is -2.28. The van der Waals surface area contributed by atoms with Crippen LogP contribution in [0.4, 0.5) is 0 Å². The maximum Gasteiger partial charge on any atom is 0.0648 e. The Balaban J connectivity index is 2.51. The van der Waals surface area contributed by atoms with Gasteiger partial charge in [0.05, 0.1) is 5.60 Å². The van der Waals surface area contributed by atoms with Crippen molar-refractivity contribution in [3.8, 4) is 0 Å². The molecule has 1 rings (SSSR count). The van der Waals surface area contributed by atoms with E-state index in [1.165, 1.54) is 5.69 Å². The normalized spacial score (nSPS) is 15.2. The second-order valence-electron chi connectivity index (χ2n) is 4.27. The molecule has 0 saturated carbocycles. The molecule has 0 saturated heterocycles. The number of rotatable bonds is 6. The number of nitrogens with zero attached hydrogens (tertiary/aromatic N) is 2. The number of aryl methyl sites for hydroxylation is 2. The van der Waals surface area contributed by atoms with Gasteiger partial charge in [-0.1, -0.05) is 20.3 Å². The summed E-state index contributed by atoms with van der Waals surface area (Å²) >= 11 is 0. The zero-order valence-corrected chi connectivity index (χ0v) is 10.0. The van der Waals surface area contributed by atoms with E-state index in [4.69, 9.17) is 0 Å². The molecule has 0 bridgehead atoms. The molecular formula is C12H22N2O. The highest BCUT2D eigenvalue weighted by Crippen LogP contribution is 2.23. The van der Waals surface area contributed by atoms with Gasteiger partial charge in [0.15, 0.2) is 0 Å². The smallest absolute Gasteiger partial charge is 0.0648 e. The van der Waals surface area contributed by atoms with Crippen LogP contribution in [0.25, 0.3) is 0 Å². The Hall–Kier alpha value is -0.830. The summed E-state index contributed by atoms with van der Waals surface area (Å²) < 4.78 is 1.88. The lowest BCUT2D eigenvalue weighted by molar-refractivity contribution is 0.0181. The van der Waals surface area contributed by atoms with Crippen LogP contribution in [0, 0.1) is 0 Å². The van der Waals surface area contributed by atoms with Crippen molar-refractivity contribution in [1.29, 1.82) is 0 Å². The fraction of sp³-hybridized carbons (Fsp3) is 0.750. The van der Waals surface area contributed by atoms with Gasteiger partial charge in [-0.15, -0.1) is 0 Å². The van der Waals surface area contributed by atoms with E-state index in [0.29, 0.717) is 0 Å². The molecular weight excluding hydrogens is 188 g/mol. The summed E-state index contributed by atoms with van der Waals surface area (Å²) in [5.41, 5.74) is 0.705. The minimum Gasteiger partial charge on any atom is -0.390 e. The first-order valence-electron chi connectivity index (χ1n) is 5.80. The third kappa shape index (κ3) is 3.34. The van der Waals surface area contributed by atoms with Crippen molar-refractivity contribution < 1.29 is 5.11 Å². The summed E-state index contributed by atoms with van der Waals surface area (Å²) in [6, 6.07) is 2.02. The molecule has 1 atom stereocenters. The largest absolute Gasteiger partial charge is 0.390 e. The molecule has 1 heterocycles. The van der Waals surface area contributed by atoms with E-state index < -0.39 is 5.60 Å². The molecule has 0 aliphatic carbocycles. The average molecular weight is 210 g/mol. The molecule has 1 aromatic heterocycles. The first-order valence-corrected chi connectivity index (χ1v) is 5.80. The van der Waals surface area contributed by atoms with Gasteiger partial charge in [-0.05, 0) is 31.7 Å². The van der Waals surface area contributed by atoms with Gasteiger partial charge in [0.25, 0.3) is 0 Å². The molecule has 0 amide bonds. The fourth-order valence-corrected chi connectivity index (χ4v) is 1.95. The molecule has 15 heavy (non-hydrogen) atoms. The van der Waals surface area contributed by atoms with E-state index in [-0.39, 0.29) is 0 Å². The van der Waals surface area contributed by atoms with Crippen LogP contribution < -0.4 is 0 Å². The second-order valence-corrected chi connectivity index (χ2v) is 4.27. The van der Waals surface area contributed by atoms with Gasteiger partial charge < -0.3 is 5.11 Å². The van der Waals surface area contributed by atoms with Gasteiger partial charge in [0, 0.05) is 18.9 Å². The molecule has 0 fully saturated rings. The summed E-state index contributed by atoms with van der Waals surface area (Å²) in [6.07, 6.45) is 6.30. The lowest BCUT2D eigenvalue weighted by atomic mass is 9.89. The van der Waals surface area contributed by atoms with Crippen LogP contribution in [0.1, 0.15) is 45.2 Å². The van der Waals surface area contributed by atoms with Gasteiger partial charge in [0.1, 0.15) is 0 Å². The summed E-state index contributed by atoms with van der Waals surface area (Å²) in [5.74, 6) is 0. The minimum absolute atomic E-state index is 0.487. The Kier molecular flexibility index (Phi) is 4.33. The van der Waals surface area contributed by atoms with Crippen LogP contribution in [0.2, 0.25) is 0 Å². The Morgan fingerprint density at radius 1 is 1.40 bits per heavy atom. The highest BCUT2D eigenvalue weighted by atomic mass is 16.3. The third-order valence-corrected chi connectivity index (χ3v) is 3.14. The van der Waals surface area contributed by atoms with E-state index in [9.17, 15) is 5.11 Å². The van der Waals surface area contributed by atoms with Crippen LogP contribution in [0.5, 0.6) is 0 Å². The van der Waals surface area contributed by atoms with Crippen LogP contribution in [0.3, 0.4) is 0 Å². The molecule has 1 N–H and O–H groups in total. The number of hydrogen-bond acceptors (Lipinski definition) is 2. The predicted octanol–water partition coefficient (Wildman–Crippen LogP) is 2.29. The molecule has 3 heteroatoms. The Labute approximate surface area is 92.1 Å². The quantitative estimate of drug-likeness (QED) is 0.782. The molecule has 0 spiro atoms. The second kappa shape index (κ2) is 5.31. The van der Waals surface area contributed by atoms with Crippen LogP contribution in [-0.4, -0.2) is 20.5 Å². The zero-order valence-electron chi connectivity index (χ0n) is 10.0. The molecule has 86 valence electrons. The molecule has 1 unspecified atom stereocenters. The third-order valence-electron chi connectivity index (χ3n) is 3.14. The number of aliphatic hydroxyl groups is 1. The van der Waals surface area contributed by atoms with Gasteiger partial charge in [0.2, 0.25) is 0 Å². The van der Waals surface area contributed by atoms with Gasteiger partial charge in [-0.3, -0.25) is 4.68 Å². The number of hydrogen-bond donors (Lipinski definition) is 1. The Morgan fingerprint density at radius 2 is 2.13 bits per heavy atom. The topological polar surface area (TPSA) is 38.1 Å². The van der Waals surface area contributed by atoms with E-state index in [1.807, 2.05) is 17.8 Å². The van der Waals surface area contributed by atoms with E-state index >= 15 is 0 Å². The van der Waals surface area contributed by atoms with Gasteiger partial charge >= 0.3 is 0 Å². The van der Waals surface area contributed by atoms with Gasteiger partial charge in [-0.25, -0.2) is 0 Å². The van der Waals surface area contributed by atoms with Crippen molar-refractivity contribution in [2.45, 2.75) is 51.6 Å². The van der Waals surface area contributed by atoms with E-state index in [2.05, 4.69) is 18.9 Å². The van der Waals surface area contributed by atoms with Crippen molar-refractivity contribution in [1.82, 2.24) is 9.78 Å². The molecule has 0 radical (unpaired) electrons. The summed E-state index contributed by atoms with van der Waals surface area (Å²) in [6.45, 7) is 4.17. The molecule has 0 aliphatic rings. The van der Waals surface area contributed by atoms with Crippen LogP contribution in [0.15, 0.2) is 12.3 Å². The van der Waals surface area contributed by atoms with Crippen molar-refractivity contribution in [2.75, 3.05) is 0 Å². The molecule has 1 aromatic rings. The monoisotopic (exact) mass is 210 g/mol. The predicted molar refractivity (Wildman–Crippen MR) is 61.7 cm³/mol. The van der Waals surface area contributed by atoms with Crippen molar-refractivity contribution in [2.24, 2.45) is 7.05 Å². The molecule has 0 aromatic carbocycles. The first-order chi connectivity index (χ1) is 7.11. The fourth-order valence-electron chi connectivity index (χ4n) is 1.95. The highest BCUT2D eigenvalue weighted by molar-refractivity contribution is 5.01. The van der Waals surface area contributed by atoms with Gasteiger partial charge in [-0.2, -0.15) is 5.10 Å². The summed E-state index contributed by atoms with van der Waals surface area (Å²) in [4.78, 5) is 0. The van der Waals surface area contributed by atoms with Crippen molar-refractivity contribution in [3.05, 3.63) is 18.0 Å². The van der Waals surface area contributed by atoms with E-state index in [1.54, 1.807) is 6.20 Å². The number of aromatic nitrogens is 2. The Bertz CT molecular complexity index is 296. The molecule has 3 nitrogen and oxygen atoms in total. The summed E-state index contributed by atoms with van der Waals surface area (Å²) in [5, 5.41) is 14.4. The minimum atomic E-state index is -0.487. The maximum absolute atomic E-state index is 10.3. The first kappa shape index (κ1) is 12.2. The van der Waals surface area contributed by atoms with E-state index in [0.717, 1.165) is 32.1 Å². The van der Waals surface area contributed by atoms with Crippen LogP contribution in [-0.2, 0) is 13.5 Å². The van der Waals surface area contributed by atoms with Crippen LogP contribution >= 0.6 is 0 Å². The Morgan fingerprint density at radius 3 is 2.60 bits per heavy atom. The average Bonchev–Trinajstić information content (AvgIpc) is 2.62. The zero-order chi connectivity index (χ0) is 11.3. The van der Waals surface area contributed by atoms with Crippen molar-refractivity contribution in [3.63, 3.8) is 0 Å². The maximum atomic E-state index is 10.3. The summed E-state index contributed by atoms with van der Waals surface area (Å²) in [7, 11) is 1.94.